The van der Waals surface area contributed by atoms with Crippen LogP contribution in [-0.4, -0.2) is 52.7 Å². The van der Waals surface area contributed by atoms with Crippen molar-refractivity contribution in [3.8, 4) is 16.3 Å². The number of benzene rings is 2. The van der Waals surface area contributed by atoms with Gasteiger partial charge in [-0.25, -0.2) is 4.79 Å². The zero-order chi connectivity index (χ0) is 26.4. The predicted octanol–water partition coefficient (Wildman–Crippen LogP) is 6.19. The summed E-state index contributed by atoms with van der Waals surface area (Å²) in [5, 5.41) is 13.7. The van der Waals surface area contributed by atoms with E-state index in [2.05, 4.69) is 34.6 Å². The fourth-order valence-electron chi connectivity index (χ4n) is 4.37. The maximum Gasteiger partial charge on any atom is 0.412 e. The predicted molar refractivity (Wildman–Crippen MR) is 146 cm³/mol. The number of nitrogens with zero attached hydrogens (tertiary/aromatic N) is 3. The second-order valence-electron chi connectivity index (χ2n) is 9.78. The van der Waals surface area contributed by atoms with E-state index in [0.29, 0.717) is 13.2 Å². The molecule has 9 heteroatoms. The molecule has 37 heavy (non-hydrogen) atoms. The first-order valence-electron chi connectivity index (χ1n) is 12.7. The third-order valence-corrected chi connectivity index (χ3v) is 7.20. The van der Waals surface area contributed by atoms with Gasteiger partial charge in [0.05, 0.1) is 6.54 Å². The van der Waals surface area contributed by atoms with Crippen LogP contribution in [0.4, 0.5) is 9.93 Å². The van der Waals surface area contributed by atoms with Gasteiger partial charge in [-0.15, -0.1) is 10.2 Å². The van der Waals surface area contributed by atoms with Crippen LogP contribution < -0.4 is 10.1 Å². The largest absolute Gasteiger partial charge is 0.490 e. The number of ether oxygens (including phenoxy) is 3. The normalized spacial score (nSPS) is 16.6. The minimum atomic E-state index is -0.781. The van der Waals surface area contributed by atoms with Crippen LogP contribution in [0.1, 0.15) is 50.3 Å². The molecule has 2 heterocycles. The van der Waals surface area contributed by atoms with Gasteiger partial charge in [0.2, 0.25) is 5.13 Å². The number of aromatic nitrogens is 2. The number of unbranched alkanes of at least 4 members (excludes halogenated alkanes) is 1. The molecular weight excluding hydrogens is 488 g/mol. The van der Waals surface area contributed by atoms with Crippen LogP contribution in [0.2, 0.25) is 0 Å². The van der Waals surface area contributed by atoms with Gasteiger partial charge in [0.15, 0.2) is 0 Å². The number of nitrogens with one attached hydrogen (secondary N) is 1. The Kier molecular flexibility index (Phi) is 8.66. The molecule has 0 aliphatic carbocycles. The molecule has 1 aliphatic heterocycles. The van der Waals surface area contributed by atoms with Crippen molar-refractivity contribution in [1.82, 2.24) is 15.1 Å². The van der Waals surface area contributed by atoms with Crippen molar-refractivity contribution in [1.29, 1.82) is 0 Å². The van der Waals surface area contributed by atoms with Crippen molar-refractivity contribution in [2.45, 2.75) is 65.9 Å². The van der Waals surface area contributed by atoms with Crippen LogP contribution in [0.25, 0.3) is 10.6 Å². The Bertz CT molecular complexity index is 1170. The molecular formula is C28H36N4O4S. The lowest BCUT2D eigenvalue weighted by atomic mass is 10.1. The summed E-state index contributed by atoms with van der Waals surface area (Å²) in [7, 11) is 0. The van der Waals surface area contributed by atoms with Gasteiger partial charge < -0.3 is 19.5 Å². The number of amides is 1. The van der Waals surface area contributed by atoms with E-state index >= 15 is 0 Å². The maximum atomic E-state index is 12.8. The van der Waals surface area contributed by atoms with E-state index in [-0.39, 0.29) is 12.7 Å². The van der Waals surface area contributed by atoms with E-state index in [1.165, 1.54) is 0 Å². The van der Waals surface area contributed by atoms with Crippen LogP contribution in [-0.2, 0) is 16.1 Å². The molecule has 198 valence electrons. The van der Waals surface area contributed by atoms with Crippen molar-refractivity contribution in [2.75, 3.05) is 25.0 Å². The molecule has 4 rings (SSSR count). The fourth-order valence-corrected chi connectivity index (χ4v) is 5.13. The number of carbonyl (C=O) groups excluding carboxylic acids is 1. The molecule has 1 N–H and O–H groups in total. The first-order valence-corrected chi connectivity index (χ1v) is 13.6. The van der Waals surface area contributed by atoms with Gasteiger partial charge in [0.1, 0.15) is 35.8 Å². The molecule has 0 spiro atoms. The molecule has 1 unspecified atom stereocenters. The summed E-state index contributed by atoms with van der Waals surface area (Å²) in [6, 6.07) is 13.8. The van der Waals surface area contributed by atoms with Crippen molar-refractivity contribution < 1.29 is 19.0 Å². The van der Waals surface area contributed by atoms with Gasteiger partial charge in [-0.3, -0.25) is 4.90 Å². The molecule has 0 radical (unpaired) electrons. The Morgan fingerprint density at radius 3 is 2.62 bits per heavy atom. The van der Waals surface area contributed by atoms with Gasteiger partial charge >= 0.3 is 6.09 Å². The average Bonchev–Trinajstić information content (AvgIpc) is 3.46. The summed E-state index contributed by atoms with van der Waals surface area (Å²) in [6.07, 6.45) is 1.58. The van der Waals surface area contributed by atoms with Crippen LogP contribution in [0.5, 0.6) is 5.75 Å². The molecule has 1 atom stereocenters. The van der Waals surface area contributed by atoms with E-state index in [1.54, 1.807) is 16.2 Å². The number of aryl methyl sites for hydroxylation is 2. The van der Waals surface area contributed by atoms with Gasteiger partial charge in [-0.1, -0.05) is 55.0 Å². The van der Waals surface area contributed by atoms with E-state index in [4.69, 9.17) is 14.2 Å². The summed E-state index contributed by atoms with van der Waals surface area (Å²) in [4.78, 5) is 14.4. The summed E-state index contributed by atoms with van der Waals surface area (Å²) < 4.78 is 17.9. The Labute approximate surface area is 223 Å². The highest BCUT2D eigenvalue weighted by Crippen LogP contribution is 2.34. The minimum absolute atomic E-state index is 0.225. The molecule has 0 saturated carbocycles. The lowest BCUT2D eigenvalue weighted by molar-refractivity contribution is -0.0782. The molecule has 1 amide bonds. The Morgan fingerprint density at radius 2 is 1.92 bits per heavy atom. The Hall–Kier alpha value is -3.17. The number of hydrogen-bond donors (Lipinski definition) is 1. The van der Waals surface area contributed by atoms with Crippen molar-refractivity contribution >= 4 is 22.6 Å². The molecule has 1 saturated heterocycles. The summed E-state index contributed by atoms with van der Waals surface area (Å²) in [5.74, 6) is 0.820. The highest BCUT2D eigenvalue weighted by atomic mass is 32.1. The fraction of sp³-hybridized carbons (Fsp3) is 0.464. The van der Waals surface area contributed by atoms with Crippen molar-refractivity contribution in [3.63, 3.8) is 0 Å². The lowest BCUT2D eigenvalue weighted by Crippen LogP contribution is -2.43. The number of hydrogen-bond acceptors (Lipinski definition) is 8. The highest BCUT2D eigenvalue weighted by Gasteiger charge is 2.43. The van der Waals surface area contributed by atoms with Crippen LogP contribution in [0.15, 0.2) is 42.5 Å². The topological polar surface area (TPSA) is 85.8 Å². The van der Waals surface area contributed by atoms with E-state index in [9.17, 15) is 4.79 Å². The van der Waals surface area contributed by atoms with E-state index < -0.39 is 11.8 Å². The number of carbonyl (C=O) groups is 1. The maximum absolute atomic E-state index is 12.8. The van der Waals surface area contributed by atoms with E-state index in [0.717, 1.165) is 57.5 Å². The number of anilines is 1. The molecule has 1 aromatic heterocycles. The smallest absolute Gasteiger partial charge is 0.412 e. The second-order valence-corrected chi connectivity index (χ2v) is 10.8. The summed E-state index contributed by atoms with van der Waals surface area (Å²) in [5.41, 5.74) is 3.22. The third kappa shape index (κ3) is 6.78. The average molecular weight is 525 g/mol. The highest BCUT2D eigenvalue weighted by molar-refractivity contribution is 7.18. The third-order valence-electron chi connectivity index (χ3n) is 6.27. The zero-order valence-electron chi connectivity index (χ0n) is 22.2. The SMILES string of the molecule is CCCCNc1nnc(-c2cc(C)c(OCC3CN(C(=O)OCc4ccccc4)C(C)(C)O3)c(C)c2)s1. The second kappa shape index (κ2) is 11.9. The molecule has 1 aliphatic rings. The molecule has 0 bridgehead atoms. The first-order chi connectivity index (χ1) is 17.8. The Balaban J connectivity index is 1.35. The molecule has 8 nitrogen and oxygen atoms in total. The molecule has 2 aromatic carbocycles. The minimum Gasteiger partial charge on any atom is -0.490 e. The van der Waals surface area contributed by atoms with Gasteiger partial charge in [0, 0.05) is 12.1 Å². The molecule has 1 fully saturated rings. The summed E-state index contributed by atoms with van der Waals surface area (Å²) >= 11 is 1.56. The van der Waals surface area contributed by atoms with Crippen LogP contribution in [0, 0.1) is 13.8 Å². The zero-order valence-corrected chi connectivity index (χ0v) is 23.1. The molecule has 3 aromatic rings. The van der Waals surface area contributed by atoms with Crippen LogP contribution in [0.3, 0.4) is 0 Å². The first kappa shape index (κ1) is 26.9. The lowest BCUT2D eigenvalue weighted by Gasteiger charge is -2.28. The van der Waals surface area contributed by atoms with Gasteiger partial charge in [0.25, 0.3) is 0 Å². The standard InChI is InChI=1S/C28H36N4O4S/c1-6-7-13-29-26-31-30-25(37-26)22-14-19(2)24(20(3)15-22)34-18-23-16-32(28(4,5)36-23)27(33)35-17-21-11-9-8-10-12-21/h8-12,14-15,23H,6-7,13,16-18H2,1-5H3,(H,29,31). The van der Waals surface area contributed by atoms with Crippen molar-refractivity contribution in [3.05, 3.63) is 59.2 Å². The summed E-state index contributed by atoms with van der Waals surface area (Å²) in [6.45, 7) is 11.8. The van der Waals surface area contributed by atoms with Gasteiger partial charge in [-0.2, -0.15) is 0 Å². The van der Waals surface area contributed by atoms with Crippen LogP contribution >= 0.6 is 11.3 Å². The van der Waals surface area contributed by atoms with E-state index in [1.807, 2.05) is 58.0 Å². The number of rotatable bonds is 10. The quantitative estimate of drug-likeness (QED) is 0.317. The monoisotopic (exact) mass is 524 g/mol. The Morgan fingerprint density at radius 1 is 1.19 bits per heavy atom. The van der Waals surface area contributed by atoms with Gasteiger partial charge in [-0.05, 0) is 62.9 Å². The van der Waals surface area contributed by atoms with Crippen molar-refractivity contribution in [2.24, 2.45) is 0 Å².